The van der Waals surface area contributed by atoms with Crippen molar-refractivity contribution in [1.29, 1.82) is 10.5 Å². The van der Waals surface area contributed by atoms with Crippen molar-refractivity contribution in [2.75, 3.05) is 18.8 Å². The molecule has 4 heterocycles. The largest absolute Gasteiger partial charge is 0.384 e. The fourth-order valence-electron chi connectivity index (χ4n) is 3.03. The normalized spacial score (nSPS) is 13.1. The van der Waals surface area contributed by atoms with Crippen LogP contribution in [0.15, 0.2) is 36.8 Å². The van der Waals surface area contributed by atoms with E-state index < -0.39 is 0 Å². The predicted octanol–water partition coefficient (Wildman–Crippen LogP) is 2.16. The second-order valence-corrected chi connectivity index (χ2v) is 6.48. The molecule has 4 rings (SSSR count). The minimum atomic E-state index is -0.00722. The van der Waals surface area contributed by atoms with Crippen LogP contribution >= 0.6 is 0 Å². The number of amides is 1. The van der Waals surface area contributed by atoms with E-state index in [0.29, 0.717) is 22.9 Å². The molecule has 2 N–H and O–H groups in total. The van der Waals surface area contributed by atoms with Gasteiger partial charge in [-0.3, -0.25) is 9.20 Å². The second kappa shape index (κ2) is 9.29. The summed E-state index contributed by atoms with van der Waals surface area (Å²) in [7, 11) is 0. The SMILES string of the molecule is N#CCC(=O)N1CCCCC1.N#Cc1ccc2ncc(-c3nccc(N)n3)n2c1. The van der Waals surface area contributed by atoms with E-state index in [4.69, 9.17) is 16.3 Å². The number of piperidine rings is 1. The van der Waals surface area contributed by atoms with Crippen LogP contribution in [0.5, 0.6) is 0 Å². The van der Waals surface area contributed by atoms with Gasteiger partial charge in [-0.25, -0.2) is 15.0 Å². The number of aromatic nitrogens is 4. The van der Waals surface area contributed by atoms with Crippen LogP contribution in [-0.4, -0.2) is 43.2 Å². The number of fused-ring (bicyclic) bond motifs is 1. The second-order valence-electron chi connectivity index (χ2n) is 6.48. The standard InChI is InChI=1S/C12H8N6.C8H12N2O/c13-5-8-1-2-11-16-6-9(18(11)7-8)12-15-4-3-10(14)17-12;9-5-4-8(11)10-6-2-1-3-7-10/h1-4,6-7H,(H2,14,15,17);1-4,6-7H2. The summed E-state index contributed by atoms with van der Waals surface area (Å²) in [6.45, 7) is 1.70. The van der Waals surface area contributed by atoms with Gasteiger partial charge >= 0.3 is 0 Å². The van der Waals surface area contributed by atoms with Gasteiger partial charge < -0.3 is 10.6 Å². The van der Waals surface area contributed by atoms with Gasteiger partial charge in [0.05, 0.1) is 17.8 Å². The zero-order chi connectivity index (χ0) is 20.6. The monoisotopic (exact) mass is 388 g/mol. The van der Waals surface area contributed by atoms with Gasteiger partial charge in [-0.1, -0.05) is 0 Å². The Morgan fingerprint density at radius 2 is 1.93 bits per heavy atom. The molecule has 1 saturated heterocycles. The van der Waals surface area contributed by atoms with Crippen LogP contribution in [0.3, 0.4) is 0 Å². The number of rotatable bonds is 2. The summed E-state index contributed by atoms with van der Waals surface area (Å²) in [4.78, 5) is 25.4. The number of nitrogen functional groups attached to an aromatic ring is 1. The summed E-state index contributed by atoms with van der Waals surface area (Å²) in [5.74, 6) is 0.871. The molecular weight excluding hydrogens is 368 g/mol. The first-order valence-electron chi connectivity index (χ1n) is 9.23. The van der Waals surface area contributed by atoms with Crippen LogP contribution in [0, 0.1) is 22.7 Å². The van der Waals surface area contributed by atoms with E-state index in [-0.39, 0.29) is 12.3 Å². The van der Waals surface area contributed by atoms with Crippen molar-refractivity contribution in [3.05, 3.63) is 42.4 Å². The fourth-order valence-corrected chi connectivity index (χ4v) is 3.03. The molecule has 3 aromatic heterocycles. The lowest BCUT2D eigenvalue weighted by Crippen LogP contribution is -2.35. The molecule has 146 valence electrons. The average Bonchev–Trinajstić information content (AvgIpc) is 3.18. The Kier molecular flexibility index (Phi) is 6.33. The highest BCUT2D eigenvalue weighted by atomic mass is 16.2. The minimum Gasteiger partial charge on any atom is -0.384 e. The minimum absolute atomic E-state index is 0.00722. The molecular formula is C20H20N8O. The molecule has 3 aromatic rings. The lowest BCUT2D eigenvalue weighted by atomic mass is 10.1. The van der Waals surface area contributed by atoms with Crippen LogP contribution in [0.2, 0.25) is 0 Å². The topological polar surface area (TPSA) is 137 Å². The van der Waals surface area contributed by atoms with E-state index in [9.17, 15) is 4.79 Å². The zero-order valence-electron chi connectivity index (χ0n) is 15.8. The molecule has 29 heavy (non-hydrogen) atoms. The summed E-state index contributed by atoms with van der Waals surface area (Å²) >= 11 is 0. The number of anilines is 1. The number of nitrogens with zero attached hydrogens (tertiary/aromatic N) is 7. The van der Waals surface area contributed by atoms with E-state index >= 15 is 0 Å². The van der Waals surface area contributed by atoms with Gasteiger partial charge in [0.1, 0.15) is 29.6 Å². The van der Waals surface area contributed by atoms with Crippen molar-refractivity contribution in [3.63, 3.8) is 0 Å². The highest BCUT2D eigenvalue weighted by molar-refractivity contribution is 5.78. The van der Waals surface area contributed by atoms with Gasteiger partial charge in [-0.05, 0) is 37.5 Å². The lowest BCUT2D eigenvalue weighted by molar-refractivity contribution is -0.130. The van der Waals surface area contributed by atoms with Gasteiger partial charge in [-0.15, -0.1) is 0 Å². The molecule has 1 amide bonds. The lowest BCUT2D eigenvalue weighted by Gasteiger charge is -2.25. The maximum absolute atomic E-state index is 11.1. The van der Waals surface area contributed by atoms with Crippen molar-refractivity contribution < 1.29 is 4.79 Å². The summed E-state index contributed by atoms with van der Waals surface area (Å²) in [6, 6.07) is 9.06. The number of hydrogen-bond donors (Lipinski definition) is 1. The van der Waals surface area contributed by atoms with Gasteiger partial charge in [0.25, 0.3) is 0 Å². The first-order chi connectivity index (χ1) is 14.1. The summed E-state index contributed by atoms with van der Waals surface area (Å²) in [6.07, 6.45) is 8.39. The number of nitriles is 2. The van der Waals surface area contributed by atoms with E-state index in [1.807, 2.05) is 6.07 Å². The summed E-state index contributed by atoms with van der Waals surface area (Å²) in [5, 5.41) is 17.2. The number of pyridine rings is 1. The number of imidazole rings is 1. The molecule has 1 aliphatic heterocycles. The highest BCUT2D eigenvalue weighted by Crippen LogP contribution is 2.18. The third kappa shape index (κ3) is 4.85. The fraction of sp³-hybridized carbons (Fsp3) is 0.300. The van der Waals surface area contributed by atoms with Gasteiger partial charge in [0.2, 0.25) is 5.91 Å². The number of nitrogens with two attached hydrogens (primary N) is 1. The molecule has 0 spiro atoms. The van der Waals surface area contributed by atoms with E-state index in [1.54, 1.807) is 46.1 Å². The number of hydrogen-bond acceptors (Lipinski definition) is 7. The third-order valence-corrected chi connectivity index (χ3v) is 4.48. The summed E-state index contributed by atoms with van der Waals surface area (Å²) < 4.78 is 1.77. The van der Waals surface area contributed by atoms with Crippen molar-refractivity contribution in [2.45, 2.75) is 25.7 Å². The van der Waals surface area contributed by atoms with E-state index in [2.05, 4.69) is 21.0 Å². The Morgan fingerprint density at radius 3 is 2.62 bits per heavy atom. The molecule has 9 heteroatoms. The van der Waals surface area contributed by atoms with E-state index in [1.165, 1.54) is 6.42 Å². The maximum Gasteiger partial charge on any atom is 0.236 e. The van der Waals surface area contributed by atoms with Crippen molar-refractivity contribution >= 4 is 17.4 Å². The molecule has 0 aromatic carbocycles. The van der Waals surface area contributed by atoms with Crippen LogP contribution in [-0.2, 0) is 4.79 Å². The average molecular weight is 388 g/mol. The molecule has 0 unspecified atom stereocenters. The number of carbonyl (C=O) groups excluding carboxylic acids is 1. The molecule has 1 aliphatic rings. The Balaban J connectivity index is 0.000000188. The molecule has 0 saturated carbocycles. The molecule has 1 fully saturated rings. The number of likely N-dealkylation sites (tertiary alicyclic amines) is 1. The molecule has 0 bridgehead atoms. The Morgan fingerprint density at radius 1 is 1.14 bits per heavy atom. The quantitative estimate of drug-likeness (QED) is 0.710. The predicted molar refractivity (Wildman–Crippen MR) is 106 cm³/mol. The Bertz CT molecular complexity index is 1090. The smallest absolute Gasteiger partial charge is 0.236 e. The van der Waals surface area contributed by atoms with Crippen molar-refractivity contribution in [1.82, 2.24) is 24.3 Å². The first kappa shape index (κ1) is 19.8. The first-order valence-corrected chi connectivity index (χ1v) is 9.23. The van der Waals surface area contributed by atoms with Gasteiger partial charge in [0.15, 0.2) is 5.82 Å². The van der Waals surface area contributed by atoms with Crippen LogP contribution in [0.1, 0.15) is 31.2 Å². The van der Waals surface area contributed by atoms with Crippen molar-refractivity contribution in [2.24, 2.45) is 0 Å². The molecule has 0 atom stereocenters. The molecule has 0 radical (unpaired) electrons. The molecule has 0 aliphatic carbocycles. The van der Waals surface area contributed by atoms with Crippen LogP contribution < -0.4 is 5.73 Å². The maximum atomic E-state index is 11.1. The Hall–Kier alpha value is -3.98. The number of carbonyl (C=O) groups is 1. The molecule has 9 nitrogen and oxygen atoms in total. The van der Waals surface area contributed by atoms with Crippen LogP contribution in [0.4, 0.5) is 5.82 Å². The van der Waals surface area contributed by atoms with Crippen molar-refractivity contribution in [3.8, 4) is 23.7 Å². The third-order valence-electron chi connectivity index (χ3n) is 4.48. The van der Waals surface area contributed by atoms with Gasteiger partial charge in [0, 0.05) is 25.5 Å². The van der Waals surface area contributed by atoms with Gasteiger partial charge in [-0.2, -0.15) is 10.5 Å². The van der Waals surface area contributed by atoms with Crippen LogP contribution in [0.25, 0.3) is 17.2 Å². The van der Waals surface area contributed by atoms with E-state index in [0.717, 1.165) is 31.6 Å². The summed E-state index contributed by atoms with van der Waals surface area (Å²) in [5.41, 5.74) is 7.61. The Labute approximate surface area is 168 Å². The zero-order valence-corrected chi connectivity index (χ0v) is 15.8. The highest BCUT2D eigenvalue weighted by Gasteiger charge is 2.15.